The number of aromatic nitrogens is 5. The summed E-state index contributed by atoms with van der Waals surface area (Å²) in [5.41, 5.74) is 3.04. The number of pyridine rings is 2. The van der Waals surface area contributed by atoms with Crippen molar-refractivity contribution in [2.75, 3.05) is 25.0 Å². The first kappa shape index (κ1) is 21.7. The van der Waals surface area contributed by atoms with Gasteiger partial charge in [0, 0.05) is 44.8 Å². The lowest BCUT2D eigenvalue weighted by molar-refractivity contribution is 0.102. The first-order valence-corrected chi connectivity index (χ1v) is 12.3. The van der Waals surface area contributed by atoms with Gasteiger partial charge in [-0.3, -0.25) is 9.78 Å². The SMILES string of the molecule is C[C@H]1CCc2nnc(-c3cccc(NC(=O)c4cc5c(cn4)CCN(C(=O)N4CCCC4)C5)n3)n21. The lowest BCUT2D eigenvalue weighted by Gasteiger charge is -2.32. The number of amides is 3. The van der Waals surface area contributed by atoms with Crippen molar-refractivity contribution in [2.45, 2.75) is 51.6 Å². The van der Waals surface area contributed by atoms with Crippen molar-refractivity contribution in [3.05, 3.63) is 53.1 Å². The van der Waals surface area contributed by atoms with Crippen LogP contribution >= 0.6 is 0 Å². The van der Waals surface area contributed by atoms with Crippen molar-refractivity contribution in [3.8, 4) is 11.5 Å². The van der Waals surface area contributed by atoms with E-state index in [1.54, 1.807) is 18.3 Å². The molecule has 1 fully saturated rings. The topological polar surface area (TPSA) is 109 Å². The molecule has 0 unspecified atom stereocenters. The molecule has 0 aliphatic carbocycles. The predicted molar refractivity (Wildman–Crippen MR) is 129 cm³/mol. The monoisotopic (exact) mass is 472 g/mol. The molecule has 10 heteroatoms. The van der Waals surface area contributed by atoms with Crippen LogP contribution in [0, 0.1) is 0 Å². The molecule has 1 saturated heterocycles. The zero-order valence-electron chi connectivity index (χ0n) is 19.8. The van der Waals surface area contributed by atoms with Crippen molar-refractivity contribution in [1.82, 2.24) is 34.5 Å². The van der Waals surface area contributed by atoms with Crippen LogP contribution in [0.3, 0.4) is 0 Å². The van der Waals surface area contributed by atoms with E-state index in [2.05, 4.69) is 37.0 Å². The van der Waals surface area contributed by atoms with Crippen LogP contribution in [0.15, 0.2) is 30.5 Å². The van der Waals surface area contributed by atoms with Gasteiger partial charge in [0.15, 0.2) is 5.82 Å². The van der Waals surface area contributed by atoms with Crippen molar-refractivity contribution in [1.29, 1.82) is 0 Å². The quantitative estimate of drug-likeness (QED) is 0.628. The fourth-order valence-corrected chi connectivity index (χ4v) is 5.24. The first-order valence-electron chi connectivity index (χ1n) is 12.3. The van der Waals surface area contributed by atoms with Crippen molar-refractivity contribution in [3.63, 3.8) is 0 Å². The molecular weight excluding hydrogens is 444 g/mol. The number of nitrogens with one attached hydrogen (secondary N) is 1. The molecule has 6 rings (SSSR count). The van der Waals surface area contributed by atoms with Crippen LogP contribution in [0.5, 0.6) is 0 Å². The second kappa shape index (κ2) is 8.75. The van der Waals surface area contributed by atoms with Gasteiger partial charge in [0.2, 0.25) is 0 Å². The molecule has 0 aromatic carbocycles. The normalized spacial score (nSPS) is 18.9. The summed E-state index contributed by atoms with van der Waals surface area (Å²) >= 11 is 0. The maximum atomic E-state index is 13.0. The molecule has 3 aromatic heterocycles. The molecule has 3 aliphatic rings. The highest BCUT2D eigenvalue weighted by Gasteiger charge is 2.28. The number of urea groups is 1. The van der Waals surface area contributed by atoms with E-state index in [1.807, 2.05) is 21.9 Å². The Morgan fingerprint density at radius 2 is 1.89 bits per heavy atom. The Balaban J connectivity index is 1.18. The second-order valence-corrected chi connectivity index (χ2v) is 9.55. The molecule has 3 amide bonds. The third-order valence-corrected chi connectivity index (χ3v) is 7.19. The van der Waals surface area contributed by atoms with Crippen LogP contribution in [0.4, 0.5) is 10.6 Å². The molecule has 35 heavy (non-hydrogen) atoms. The molecule has 0 saturated carbocycles. The Kier molecular flexibility index (Phi) is 5.43. The lowest BCUT2D eigenvalue weighted by atomic mass is 10.0. The number of likely N-dealkylation sites (tertiary alicyclic amines) is 1. The van der Waals surface area contributed by atoms with Crippen LogP contribution in [0.25, 0.3) is 11.5 Å². The molecule has 1 N–H and O–H groups in total. The van der Waals surface area contributed by atoms with E-state index in [-0.39, 0.29) is 11.9 Å². The molecular formula is C25H28N8O2. The summed E-state index contributed by atoms with van der Waals surface area (Å²) in [6.45, 7) is 4.98. The van der Waals surface area contributed by atoms with Crippen molar-refractivity contribution >= 4 is 17.8 Å². The van der Waals surface area contributed by atoms with Crippen LogP contribution in [0.2, 0.25) is 0 Å². The highest BCUT2D eigenvalue weighted by atomic mass is 16.2. The number of carbonyl (C=O) groups excluding carboxylic acids is 2. The molecule has 0 bridgehead atoms. The minimum atomic E-state index is -0.333. The predicted octanol–water partition coefficient (Wildman–Crippen LogP) is 3.07. The summed E-state index contributed by atoms with van der Waals surface area (Å²) < 4.78 is 2.12. The number of anilines is 1. The Morgan fingerprint density at radius 3 is 2.74 bits per heavy atom. The number of rotatable bonds is 3. The first-order chi connectivity index (χ1) is 17.1. The minimum Gasteiger partial charge on any atom is -0.325 e. The van der Waals surface area contributed by atoms with Crippen LogP contribution in [-0.2, 0) is 19.4 Å². The molecule has 1 atom stereocenters. The smallest absolute Gasteiger partial charge is 0.320 e. The molecule has 10 nitrogen and oxygen atoms in total. The lowest BCUT2D eigenvalue weighted by Crippen LogP contribution is -2.44. The van der Waals surface area contributed by atoms with Gasteiger partial charge in [-0.1, -0.05) is 6.07 Å². The molecule has 0 spiro atoms. The summed E-state index contributed by atoms with van der Waals surface area (Å²) in [5, 5.41) is 11.5. The zero-order chi connectivity index (χ0) is 23.9. The van der Waals surface area contributed by atoms with Crippen LogP contribution in [0.1, 0.15) is 59.7 Å². The maximum Gasteiger partial charge on any atom is 0.320 e. The molecule has 3 aromatic rings. The van der Waals surface area contributed by atoms with Gasteiger partial charge in [-0.15, -0.1) is 10.2 Å². The average molecular weight is 473 g/mol. The van der Waals surface area contributed by atoms with E-state index < -0.39 is 0 Å². The van der Waals surface area contributed by atoms with Crippen molar-refractivity contribution in [2.24, 2.45) is 0 Å². The van der Waals surface area contributed by atoms with E-state index in [1.165, 1.54) is 0 Å². The van der Waals surface area contributed by atoms with Gasteiger partial charge < -0.3 is 19.7 Å². The minimum absolute atomic E-state index is 0.0891. The number of nitrogens with zero attached hydrogens (tertiary/aromatic N) is 7. The Hall–Kier alpha value is -3.82. The van der Waals surface area contributed by atoms with Crippen LogP contribution < -0.4 is 5.32 Å². The van der Waals surface area contributed by atoms with Gasteiger partial charge in [0.1, 0.15) is 23.0 Å². The zero-order valence-corrected chi connectivity index (χ0v) is 19.8. The third kappa shape index (κ3) is 4.02. The van der Waals surface area contributed by atoms with Gasteiger partial charge in [-0.05, 0) is 61.9 Å². The van der Waals surface area contributed by atoms with E-state index in [4.69, 9.17) is 0 Å². The highest BCUT2D eigenvalue weighted by Crippen LogP contribution is 2.30. The summed E-state index contributed by atoms with van der Waals surface area (Å²) in [6, 6.07) is 7.69. The van der Waals surface area contributed by atoms with E-state index in [0.717, 1.165) is 68.0 Å². The Labute approximate surface area is 203 Å². The number of hydrogen-bond acceptors (Lipinski definition) is 6. The van der Waals surface area contributed by atoms with Gasteiger partial charge in [-0.2, -0.15) is 0 Å². The number of carbonyl (C=O) groups is 2. The Morgan fingerprint density at radius 1 is 1.03 bits per heavy atom. The number of fused-ring (bicyclic) bond motifs is 2. The van der Waals surface area contributed by atoms with Gasteiger partial charge in [-0.25, -0.2) is 9.78 Å². The van der Waals surface area contributed by atoms with Gasteiger partial charge in [0.05, 0.1) is 0 Å². The highest BCUT2D eigenvalue weighted by molar-refractivity contribution is 6.02. The largest absolute Gasteiger partial charge is 0.325 e. The standard InChI is InChI=1S/C25H28N8O2/c1-16-7-8-22-29-30-23(33(16)22)19-5-4-6-21(27-19)28-24(34)20-13-18-15-32(12-9-17(18)14-26-20)25(35)31-10-2-3-11-31/h4-6,13-14,16H,2-3,7-12,15H2,1H3,(H,27,28,34)/t16-/m0/s1. The summed E-state index contributed by atoms with van der Waals surface area (Å²) in [6.07, 6.45) is 6.59. The third-order valence-electron chi connectivity index (χ3n) is 7.19. The van der Waals surface area contributed by atoms with Crippen LogP contribution in [-0.4, -0.2) is 66.1 Å². The van der Waals surface area contributed by atoms with Crippen molar-refractivity contribution < 1.29 is 9.59 Å². The maximum absolute atomic E-state index is 13.0. The molecule has 3 aliphatic heterocycles. The summed E-state index contributed by atoms with van der Waals surface area (Å²) in [4.78, 5) is 38.7. The van der Waals surface area contributed by atoms with Gasteiger partial charge in [0.25, 0.3) is 5.91 Å². The fourth-order valence-electron chi connectivity index (χ4n) is 5.24. The van der Waals surface area contributed by atoms with Gasteiger partial charge >= 0.3 is 6.03 Å². The second-order valence-electron chi connectivity index (χ2n) is 9.55. The molecule has 0 radical (unpaired) electrons. The van der Waals surface area contributed by atoms with E-state index in [0.29, 0.717) is 36.3 Å². The number of aryl methyl sites for hydroxylation is 1. The van der Waals surface area contributed by atoms with E-state index in [9.17, 15) is 9.59 Å². The number of hydrogen-bond donors (Lipinski definition) is 1. The summed E-state index contributed by atoms with van der Waals surface area (Å²) in [5.74, 6) is 1.79. The molecule has 6 heterocycles. The summed E-state index contributed by atoms with van der Waals surface area (Å²) in [7, 11) is 0. The van der Waals surface area contributed by atoms with E-state index >= 15 is 0 Å². The molecule has 180 valence electrons. The fraction of sp³-hybridized carbons (Fsp3) is 0.440. The Bertz CT molecular complexity index is 1300. The average Bonchev–Trinajstić information content (AvgIpc) is 3.63.